The average molecular weight is 297 g/mol. The SMILES string of the molecule is O=C(NN=Cc1ccn(CC(F)(F)F)n1)c1ccncc1. The van der Waals surface area contributed by atoms with Gasteiger partial charge in [0.2, 0.25) is 0 Å². The Hall–Kier alpha value is -2.71. The van der Waals surface area contributed by atoms with Crippen LogP contribution in [0.2, 0.25) is 0 Å². The molecule has 0 saturated heterocycles. The van der Waals surface area contributed by atoms with Crippen LogP contribution in [0, 0.1) is 0 Å². The molecular formula is C12H10F3N5O. The van der Waals surface area contributed by atoms with Gasteiger partial charge in [-0.15, -0.1) is 0 Å². The van der Waals surface area contributed by atoms with Crippen LogP contribution in [-0.4, -0.2) is 33.1 Å². The normalized spacial score (nSPS) is 11.8. The molecule has 0 radical (unpaired) electrons. The largest absolute Gasteiger partial charge is 0.408 e. The first kappa shape index (κ1) is 14.7. The van der Waals surface area contributed by atoms with Crippen molar-refractivity contribution >= 4 is 12.1 Å². The van der Waals surface area contributed by atoms with Crippen LogP contribution in [0.15, 0.2) is 41.9 Å². The fourth-order valence-corrected chi connectivity index (χ4v) is 1.44. The molecule has 0 saturated carbocycles. The van der Waals surface area contributed by atoms with E-state index in [4.69, 9.17) is 0 Å². The smallest absolute Gasteiger partial charge is 0.267 e. The molecule has 2 rings (SSSR count). The second-order valence-electron chi connectivity index (χ2n) is 3.99. The highest BCUT2D eigenvalue weighted by Gasteiger charge is 2.28. The zero-order chi connectivity index (χ0) is 15.3. The molecule has 6 nitrogen and oxygen atoms in total. The number of hydrogen-bond acceptors (Lipinski definition) is 4. The minimum absolute atomic E-state index is 0.203. The van der Waals surface area contributed by atoms with Gasteiger partial charge in [-0.3, -0.25) is 14.5 Å². The number of halogens is 3. The van der Waals surface area contributed by atoms with Gasteiger partial charge < -0.3 is 0 Å². The van der Waals surface area contributed by atoms with E-state index in [2.05, 4.69) is 20.6 Å². The Morgan fingerprint density at radius 1 is 1.33 bits per heavy atom. The maximum Gasteiger partial charge on any atom is 0.408 e. The molecule has 110 valence electrons. The third kappa shape index (κ3) is 4.71. The molecule has 9 heteroatoms. The third-order valence-corrected chi connectivity index (χ3v) is 2.31. The molecule has 0 atom stereocenters. The molecule has 0 spiro atoms. The number of amides is 1. The monoisotopic (exact) mass is 297 g/mol. The summed E-state index contributed by atoms with van der Waals surface area (Å²) in [4.78, 5) is 15.4. The van der Waals surface area contributed by atoms with Crippen LogP contribution in [0.1, 0.15) is 16.1 Å². The lowest BCUT2D eigenvalue weighted by Gasteiger charge is -2.04. The van der Waals surface area contributed by atoms with E-state index in [1.807, 2.05) is 0 Å². The summed E-state index contributed by atoms with van der Waals surface area (Å²) in [6.45, 7) is -1.18. The summed E-state index contributed by atoms with van der Waals surface area (Å²) in [5.41, 5.74) is 2.80. The number of carbonyl (C=O) groups excluding carboxylic acids is 1. The van der Waals surface area contributed by atoms with E-state index in [0.29, 0.717) is 5.56 Å². The van der Waals surface area contributed by atoms with Gasteiger partial charge in [0.25, 0.3) is 5.91 Å². The quantitative estimate of drug-likeness (QED) is 0.688. The van der Waals surface area contributed by atoms with Crippen LogP contribution in [-0.2, 0) is 6.54 Å². The van der Waals surface area contributed by atoms with E-state index in [0.717, 1.165) is 10.9 Å². The Kier molecular flexibility index (Phi) is 4.31. The minimum Gasteiger partial charge on any atom is -0.267 e. The van der Waals surface area contributed by atoms with Gasteiger partial charge in [-0.2, -0.15) is 23.4 Å². The summed E-state index contributed by atoms with van der Waals surface area (Å²) < 4.78 is 37.2. The maximum atomic E-state index is 12.1. The number of rotatable bonds is 4. The molecule has 1 amide bonds. The summed E-state index contributed by atoms with van der Waals surface area (Å²) in [7, 11) is 0. The van der Waals surface area contributed by atoms with Gasteiger partial charge in [-0.1, -0.05) is 0 Å². The number of hydrazone groups is 1. The predicted molar refractivity (Wildman–Crippen MR) is 67.6 cm³/mol. The Morgan fingerprint density at radius 2 is 2.05 bits per heavy atom. The Balaban J connectivity index is 1.92. The van der Waals surface area contributed by atoms with Gasteiger partial charge in [0.05, 0.1) is 6.21 Å². The van der Waals surface area contributed by atoms with E-state index >= 15 is 0 Å². The molecular weight excluding hydrogens is 287 g/mol. The van der Waals surface area contributed by atoms with E-state index < -0.39 is 18.6 Å². The molecule has 0 fully saturated rings. The Bertz CT molecular complexity index is 636. The molecule has 0 aromatic carbocycles. The number of hydrogen-bond donors (Lipinski definition) is 1. The Morgan fingerprint density at radius 3 is 2.71 bits per heavy atom. The van der Waals surface area contributed by atoms with Gasteiger partial charge in [0.15, 0.2) is 0 Å². The highest BCUT2D eigenvalue weighted by Crippen LogP contribution is 2.16. The lowest BCUT2D eigenvalue weighted by Crippen LogP contribution is -2.18. The number of carbonyl (C=O) groups is 1. The van der Waals surface area contributed by atoms with Crippen LogP contribution in [0.4, 0.5) is 13.2 Å². The summed E-state index contributed by atoms with van der Waals surface area (Å²) in [5, 5.41) is 7.28. The lowest BCUT2D eigenvalue weighted by molar-refractivity contribution is -0.142. The average Bonchev–Trinajstić information content (AvgIpc) is 2.85. The maximum absolute atomic E-state index is 12.1. The van der Waals surface area contributed by atoms with Gasteiger partial charge in [0.1, 0.15) is 12.2 Å². The van der Waals surface area contributed by atoms with Crippen molar-refractivity contribution in [2.45, 2.75) is 12.7 Å². The fraction of sp³-hybridized carbons (Fsp3) is 0.167. The third-order valence-electron chi connectivity index (χ3n) is 2.31. The summed E-state index contributed by atoms with van der Waals surface area (Å²) >= 11 is 0. The molecule has 0 aliphatic heterocycles. The molecule has 0 aliphatic carbocycles. The first-order valence-corrected chi connectivity index (χ1v) is 5.78. The van der Waals surface area contributed by atoms with Crippen molar-refractivity contribution in [3.05, 3.63) is 48.0 Å². The first-order valence-electron chi connectivity index (χ1n) is 5.78. The molecule has 2 heterocycles. The number of pyridine rings is 1. The molecule has 1 N–H and O–H groups in total. The molecule has 2 aromatic heterocycles. The van der Waals surface area contributed by atoms with Crippen LogP contribution in [0.5, 0.6) is 0 Å². The first-order chi connectivity index (χ1) is 9.94. The van der Waals surface area contributed by atoms with Crippen molar-refractivity contribution in [3.8, 4) is 0 Å². The van der Waals surface area contributed by atoms with E-state index in [1.165, 1.54) is 36.8 Å². The zero-order valence-corrected chi connectivity index (χ0v) is 10.6. The number of alkyl halides is 3. The second-order valence-corrected chi connectivity index (χ2v) is 3.99. The van der Waals surface area contributed by atoms with Crippen molar-refractivity contribution in [1.29, 1.82) is 0 Å². The molecule has 2 aromatic rings. The second kappa shape index (κ2) is 6.16. The summed E-state index contributed by atoms with van der Waals surface area (Å²) in [6.07, 6.45) is 0.913. The van der Waals surface area contributed by atoms with Gasteiger partial charge in [-0.05, 0) is 18.2 Å². The van der Waals surface area contributed by atoms with Crippen LogP contribution in [0.3, 0.4) is 0 Å². The van der Waals surface area contributed by atoms with Crippen molar-refractivity contribution in [1.82, 2.24) is 20.2 Å². The van der Waals surface area contributed by atoms with E-state index in [9.17, 15) is 18.0 Å². The topological polar surface area (TPSA) is 72.2 Å². The van der Waals surface area contributed by atoms with Crippen molar-refractivity contribution in [3.63, 3.8) is 0 Å². The minimum atomic E-state index is -4.34. The van der Waals surface area contributed by atoms with E-state index in [-0.39, 0.29) is 5.69 Å². The number of aromatic nitrogens is 3. The van der Waals surface area contributed by atoms with E-state index in [1.54, 1.807) is 0 Å². The molecule has 0 bridgehead atoms. The zero-order valence-electron chi connectivity index (χ0n) is 10.6. The number of nitrogens with one attached hydrogen (secondary N) is 1. The highest BCUT2D eigenvalue weighted by molar-refractivity contribution is 5.94. The van der Waals surface area contributed by atoms with Crippen molar-refractivity contribution in [2.24, 2.45) is 5.10 Å². The van der Waals surface area contributed by atoms with Gasteiger partial charge in [0, 0.05) is 24.2 Å². The lowest BCUT2D eigenvalue weighted by atomic mass is 10.3. The van der Waals surface area contributed by atoms with Crippen molar-refractivity contribution in [2.75, 3.05) is 0 Å². The predicted octanol–water partition coefficient (Wildman–Crippen LogP) is 1.60. The standard InChI is InChI=1S/C12H10F3N5O/c13-12(14,15)8-20-6-3-10(19-20)7-17-18-11(21)9-1-4-16-5-2-9/h1-7H,8H2,(H,18,21). The van der Waals surface area contributed by atoms with Gasteiger partial charge in [-0.25, -0.2) is 5.43 Å². The van der Waals surface area contributed by atoms with Crippen LogP contribution in [0.25, 0.3) is 0 Å². The summed E-state index contributed by atoms with van der Waals surface area (Å²) in [5.74, 6) is -0.455. The number of nitrogens with zero attached hydrogens (tertiary/aromatic N) is 4. The highest BCUT2D eigenvalue weighted by atomic mass is 19.4. The molecule has 0 unspecified atom stereocenters. The summed E-state index contributed by atoms with van der Waals surface area (Å²) in [6, 6.07) is 4.36. The van der Waals surface area contributed by atoms with Gasteiger partial charge >= 0.3 is 6.18 Å². The van der Waals surface area contributed by atoms with Crippen LogP contribution < -0.4 is 5.43 Å². The fourth-order valence-electron chi connectivity index (χ4n) is 1.44. The van der Waals surface area contributed by atoms with Crippen LogP contribution >= 0.6 is 0 Å². The van der Waals surface area contributed by atoms with Crippen molar-refractivity contribution < 1.29 is 18.0 Å². The molecule has 21 heavy (non-hydrogen) atoms. The Labute approximate surface area is 117 Å². The molecule has 0 aliphatic rings.